The van der Waals surface area contributed by atoms with Gasteiger partial charge in [-0.15, -0.1) is 0 Å². The van der Waals surface area contributed by atoms with Crippen molar-refractivity contribution in [3.63, 3.8) is 0 Å². The van der Waals surface area contributed by atoms with E-state index in [2.05, 4.69) is 0 Å². The fourth-order valence-electron chi connectivity index (χ4n) is 2.09. The van der Waals surface area contributed by atoms with Gasteiger partial charge in [-0.3, -0.25) is 0 Å². The summed E-state index contributed by atoms with van der Waals surface area (Å²) in [5.74, 6) is -0.000648. The van der Waals surface area contributed by atoms with Gasteiger partial charge in [-0.05, 0) is 26.7 Å². The predicted molar refractivity (Wildman–Crippen MR) is 63.1 cm³/mol. The van der Waals surface area contributed by atoms with Gasteiger partial charge in [0, 0.05) is 13.2 Å². The average molecular weight is 250 g/mol. The maximum Gasteiger partial charge on any atom is 0.171 e. The van der Waals surface area contributed by atoms with E-state index in [1.54, 1.807) is 0 Å². The van der Waals surface area contributed by atoms with Gasteiger partial charge in [-0.2, -0.15) is 0 Å². The van der Waals surface area contributed by atoms with E-state index >= 15 is 0 Å². The summed E-state index contributed by atoms with van der Waals surface area (Å²) in [6.07, 6.45) is 3.05. The Hall–Kier alpha value is -0.130. The summed E-state index contributed by atoms with van der Waals surface area (Å²) in [5, 5.41) is -0.170. The van der Waals surface area contributed by atoms with Crippen molar-refractivity contribution in [3.8, 4) is 0 Å². The minimum Gasteiger partial charge on any atom is -0.352 e. The first kappa shape index (κ1) is 13.9. The van der Waals surface area contributed by atoms with Crippen LogP contribution in [0.15, 0.2) is 0 Å². The van der Waals surface area contributed by atoms with Crippen molar-refractivity contribution in [1.29, 1.82) is 0 Å². The van der Waals surface area contributed by atoms with Gasteiger partial charge >= 0.3 is 0 Å². The largest absolute Gasteiger partial charge is 0.352 e. The van der Waals surface area contributed by atoms with Crippen molar-refractivity contribution in [2.75, 3.05) is 19.0 Å². The molecule has 1 aliphatic rings. The zero-order valence-corrected chi connectivity index (χ0v) is 11.0. The lowest BCUT2D eigenvalue weighted by atomic mass is 10.4. The van der Waals surface area contributed by atoms with E-state index in [1.807, 2.05) is 13.8 Å². The van der Waals surface area contributed by atoms with Crippen LogP contribution >= 0.6 is 0 Å². The highest BCUT2D eigenvalue weighted by Gasteiger charge is 2.31. The standard InChI is InChI=1S/C11H22O4S/c1-3-14-11(15-4-2)9-16(12,13)10-7-5-6-8-10/h10-11H,3-9H2,1-2H3. The Morgan fingerprint density at radius 3 is 2.06 bits per heavy atom. The van der Waals surface area contributed by atoms with Crippen molar-refractivity contribution in [3.05, 3.63) is 0 Å². The van der Waals surface area contributed by atoms with Gasteiger partial charge in [-0.25, -0.2) is 8.42 Å². The summed E-state index contributed by atoms with van der Waals surface area (Å²) >= 11 is 0. The Bertz CT molecular complexity index is 274. The summed E-state index contributed by atoms with van der Waals surface area (Å²) in [7, 11) is -3.05. The number of ether oxygens (including phenoxy) is 2. The smallest absolute Gasteiger partial charge is 0.171 e. The molecule has 0 unspecified atom stereocenters. The van der Waals surface area contributed by atoms with Crippen LogP contribution in [0.2, 0.25) is 0 Å². The van der Waals surface area contributed by atoms with Gasteiger partial charge < -0.3 is 9.47 Å². The van der Waals surface area contributed by atoms with Crippen LogP contribution in [0.4, 0.5) is 0 Å². The van der Waals surface area contributed by atoms with Crippen LogP contribution in [0.3, 0.4) is 0 Å². The summed E-state index contributed by atoms with van der Waals surface area (Å²) < 4.78 is 34.6. The molecule has 4 nitrogen and oxygen atoms in total. The molecule has 0 saturated heterocycles. The fraction of sp³-hybridized carbons (Fsp3) is 1.00. The van der Waals surface area contributed by atoms with Gasteiger partial charge in [0.25, 0.3) is 0 Å². The number of sulfone groups is 1. The van der Waals surface area contributed by atoms with E-state index in [-0.39, 0.29) is 11.0 Å². The predicted octanol–water partition coefficient (Wildman–Crippen LogP) is 1.74. The van der Waals surface area contributed by atoms with Crippen molar-refractivity contribution in [2.45, 2.75) is 51.1 Å². The maximum absolute atomic E-state index is 12.0. The third-order valence-corrected chi connectivity index (χ3v) is 5.11. The molecule has 0 N–H and O–H groups in total. The molecule has 5 heteroatoms. The molecule has 0 amide bonds. The molecule has 0 aromatic rings. The second kappa shape index (κ2) is 6.57. The Morgan fingerprint density at radius 2 is 1.62 bits per heavy atom. The first-order valence-corrected chi connectivity index (χ1v) is 7.76. The monoisotopic (exact) mass is 250 g/mol. The molecule has 0 aliphatic heterocycles. The highest BCUT2D eigenvalue weighted by Crippen LogP contribution is 2.25. The number of hydrogen-bond acceptors (Lipinski definition) is 4. The molecule has 0 bridgehead atoms. The molecule has 1 aliphatic carbocycles. The van der Waals surface area contributed by atoms with E-state index in [4.69, 9.17) is 9.47 Å². The summed E-state index contributed by atoms with van der Waals surface area (Å²) in [5.41, 5.74) is 0. The molecule has 0 spiro atoms. The minimum atomic E-state index is -3.05. The van der Waals surface area contributed by atoms with Gasteiger partial charge in [0.05, 0.1) is 5.25 Å². The molecule has 16 heavy (non-hydrogen) atoms. The minimum absolute atomic E-state index is 0.000648. The Kier molecular flexibility index (Phi) is 5.72. The van der Waals surface area contributed by atoms with Crippen molar-refractivity contribution in [2.24, 2.45) is 0 Å². The molecular formula is C11H22O4S. The lowest BCUT2D eigenvalue weighted by Gasteiger charge is -2.19. The van der Waals surface area contributed by atoms with Crippen molar-refractivity contribution in [1.82, 2.24) is 0 Å². The molecule has 1 rings (SSSR count). The summed E-state index contributed by atoms with van der Waals surface area (Å²) in [6.45, 7) is 4.64. The average Bonchev–Trinajstić information content (AvgIpc) is 2.71. The first-order chi connectivity index (χ1) is 7.60. The molecule has 0 aromatic heterocycles. The zero-order valence-electron chi connectivity index (χ0n) is 10.1. The highest BCUT2D eigenvalue weighted by molar-refractivity contribution is 7.92. The van der Waals surface area contributed by atoms with Crippen LogP contribution in [0.1, 0.15) is 39.5 Å². The lowest BCUT2D eigenvalue weighted by Crippen LogP contribution is -2.32. The normalized spacial score (nSPS) is 18.4. The third-order valence-electron chi connectivity index (χ3n) is 2.88. The molecule has 0 aromatic carbocycles. The highest BCUT2D eigenvalue weighted by atomic mass is 32.2. The van der Waals surface area contributed by atoms with Crippen LogP contribution in [-0.2, 0) is 19.3 Å². The number of rotatable bonds is 7. The van der Waals surface area contributed by atoms with Crippen LogP contribution < -0.4 is 0 Å². The zero-order chi connectivity index (χ0) is 12.0. The van der Waals surface area contributed by atoms with Crippen molar-refractivity contribution >= 4 is 9.84 Å². The molecule has 1 saturated carbocycles. The van der Waals surface area contributed by atoms with Crippen molar-refractivity contribution < 1.29 is 17.9 Å². The van der Waals surface area contributed by atoms with Crippen LogP contribution in [0.25, 0.3) is 0 Å². The second-order valence-electron chi connectivity index (χ2n) is 4.08. The van der Waals surface area contributed by atoms with Gasteiger partial charge in [0.1, 0.15) is 5.75 Å². The van der Waals surface area contributed by atoms with Gasteiger partial charge in [0.15, 0.2) is 16.1 Å². The van der Waals surface area contributed by atoms with Crippen LogP contribution in [0.5, 0.6) is 0 Å². The molecule has 1 fully saturated rings. The second-order valence-corrected chi connectivity index (χ2v) is 6.40. The first-order valence-electron chi connectivity index (χ1n) is 6.05. The molecule has 0 heterocycles. The van der Waals surface area contributed by atoms with E-state index in [0.717, 1.165) is 25.7 Å². The molecule has 0 radical (unpaired) electrons. The van der Waals surface area contributed by atoms with E-state index in [0.29, 0.717) is 13.2 Å². The van der Waals surface area contributed by atoms with Crippen LogP contribution in [-0.4, -0.2) is 38.9 Å². The molecule has 0 atom stereocenters. The van der Waals surface area contributed by atoms with Gasteiger partial charge in [-0.1, -0.05) is 12.8 Å². The van der Waals surface area contributed by atoms with Crippen LogP contribution in [0, 0.1) is 0 Å². The summed E-state index contributed by atoms with van der Waals surface area (Å²) in [6, 6.07) is 0. The molecular weight excluding hydrogens is 228 g/mol. The van der Waals surface area contributed by atoms with E-state index in [1.165, 1.54) is 0 Å². The number of hydrogen-bond donors (Lipinski definition) is 0. The molecule has 96 valence electrons. The third kappa shape index (κ3) is 4.03. The Labute approximate surface area is 98.2 Å². The summed E-state index contributed by atoms with van der Waals surface area (Å²) in [4.78, 5) is 0. The van der Waals surface area contributed by atoms with Gasteiger partial charge in [0.2, 0.25) is 0 Å². The SMILES string of the molecule is CCOC(CS(=O)(=O)C1CCCC1)OCC. The Morgan fingerprint density at radius 1 is 1.12 bits per heavy atom. The Balaban J connectivity index is 2.54. The maximum atomic E-state index is 12.0. The fourth-order valence-corrected chi connectivity index (χ4v) is 3.98. The van der Waals surface area contributed by atoms with E-state index in [9.17, 15) is 8.42 Å². The quantitative estimate of drug-likeness (QED) is 0.646. The van der Waals surface area contributed by atoms with E-state index < -0.39 is 16.1 Å². The topological polar surface area (TPSA) is 52.6 Å². The lowest BCUT2D eigenvalue weighted by molar-refractivity contribution is -0.120.